The summed E-state index contributed by atoms with van der Waals surface area (Å²) in [6.07, 6.45) is 0.260. The number of rotatable bonds is 4. The number of methoxy groups -OCH3 is 1. The Morgan fingerprint density at radius 1 is 1.50 bits per heavy atom. The summed E-state index contributed by atoms with van der Waals surface area (Å²) in [5, 5.41) is 3.27. The number of halogens is 2. The fraction of sp³-hybridized carbons (Fsp3) is 0.364. The number of carbonyl (C=O) groups excluding carboxylic acids is 1. The van der Waals surface area contributed by atoms with Crippen LogP contribution in [0.1, 0.15) is 12.0 Å². The summed E-state index contributed by atoms with van der Waals surface area (Å²) in [4.78, 5) is 11.4. The average Bonchev–Trinajstić information content (AvgIpc) is 2.17. The lowest BCUT2D eigenvalue weighted by Crippen LogP contribution is -2.12. The summed E-state index contributed by atoms with van der Waals surface area (Å²) < 4.78 is 5.20. The van der Waals surface area contributed by atoms with Crippen molar-refractivity contribution in [3.8, 4) is 5.75 Å². The Hall–Kier alpha value is -0.930. The van der Waals surface area contributed by atoms with Gasteiger partial charge in [-0.05, 0) is 24.6 Å². The van der Waals surface area contributed by atoms with Crippen molar-refractivity contribution in [3.63, 3.8) is 0 Å². The number of alkyl halides is 1. The van der Waals surface area contributed by atoms with Crippen molar-refractivity contribution in [1.29, 1.82) is 0 Å². The van der Waals surface area contributed by atoms with E-state index in [-0.39, 0.29) is 18.2 Å². The van der Waals surface area contributed by atoms with Crippen LogP contribution in [0.3, 0.4) is 0 Å². The topological polar surface area (TPSA) is 38.3 Å². The van der Waals surface area contributed by atoms with Gasteiger partial charge in [0.1, 0.15) is 5.75 Å². The van der Waals surface area contributed by atoms with Crippen LogP contribution < -0.4 is 10.1 Å². The monoisotopic (exact) mass is 261 g/mol. The number of nitrogens with one attached hydrogen (secondary N) is 1. The van der Waals surface area contributed by atoms with Crippen LogP contribution >= 0.6 is 23.2 Å². The highest BCUT2D eigenvalue weighted by atomic mass is 35.5. The van der Waals surface area contributed by atoms with Crippen molar-refractivity contribution >= 4 is 34.8 Å². The SMILES string of the molecule is COc1c(C)cc(Cl)cc1NC(=O)CCCl. The van der Waals surface area contributed by atoms with Gasteiger partial charge in [-0.2, -0.15) is 0 Å². The third kappa shape index (κ3) is 3.29. The summed E-state index contributed by atoms with van der Waals surface area (Å²) in [5.74, 6) is 0.746. The second kappa shape index (κ2) is 5.97. The maximum Gasteiger partial charge on any atom is 0.225 e. The number of hydrogen-bond donors (Lipinski definition) is 1. The second-order valence-electron chi connectivity index (χ2n) is 3.29. The molecule has 88 valence electrons. The number of anilines is 1. The Kier molecular flexibility index (Phi) is 4.90. The van der Waals surface area contributed by atoms with Crippen molar-refractivity contribution in [3.05, 3.63) is 22.7 Å². The van der Waals surface area contributed by atoms with E-state index in [1.807, 2.05) is 6.92 Å². The highest BCUT2D eigenvalue weighted by Gasteiger charge is 2.10. The molecule has 1 aromatic rings. The molecule has 0 saturated carbocycles. The van der Waals surface area contributed by atoms with Crippen LogP contribution in [0.2, 0.25) is 5.02 Å². The van der Waals surface area contributed by atoms with Gasteiger partial charge in [0.05, 0.1) is 12.8 Å². The predicted molar refractivity (Wildman–Crippen MR) is 66.7 cm³/mol. The Morgan fingerprint density at radius 2 is 2.19 bits per heavy atom. The van der Waals surface area contributed by atoms with Gasteiger partial charge in [0.2, 0.25) is 5.91 Å². The summed E-state index contributed by atoms with van der Waals surface area (Å²) in [6, 6.07) is 3.43. The van der Waals surface area contributed by atoms with Gasteiger partial charge in [0.25, 0.3) is 0 Å². The normalized spacial score (nSPS) is 10.0. The first-order valence-corrected chi connectivity index (χ1v) is 5.69. The molecule has 0 radical (unpaired) electrons. The molecule has 0 bridgehead atoms. The lowest BCUT2D eigenvalue weighted by atomic mass is 10.2. The molecule has 0 aromatic heterocycles. The van der Waals surface area contributed by atoms with Crippen LogP contribution in [0, 0.1) is 6.92 Å². The zero-order valence-corrected chi connectivity index (χ0v) is 10.7. The summed E-state index contributed by atoms with van der Waals surface area (Å²) in [6.45, 7) is 1.86. The molecule has 3 nitrogen and oxygen atoms in total. The molecule has 0 unspecified atom stereocenters. The fourth-order valence-electron chi connectivity index (χ4n) is 1.39. The Balaban J connectivity index is 2.97. The molecule has 16 heavy (non-hydrogen) atoms. The maximum atomic E-state index is 11.4. The zero-order chi connectivity index (χ0) is 12.1. The highest BCUT2D eigenvalue weighted by molar-refractivity contribution is 6.31. The van der Waals surface area contributed by atoms with Crippen LogP contribution in [0.5, 0.6) is 5.75 Å². The number of hydrogen-bond acceptors (Lipinski definition) is 2. The van der Waals surface area contributed by atoms with E-state index in [1.165, 1.54) is 0 Å². The molecular formula is C11H13Cl2NO2. The molecule has 0 atom stereocenters. The fourth-order valence-corrected chi connectivity index (χ4v) is 1.84. The van der Waals surface area contributed by atoms with Crippen LogP contribution in [0.15, 0.2) is 12.1 Å². The quantitative estimate of drug-likeness (QED) is 0.846. The van der Waals surface area contributed by atoms with Gasteiger partial charge in [-0.15, -0.1) is 11.6 Å². The molecule has 0 saturated heterocycles. The van der Waals surface area contributed by atoms with Crippen molar-refractivity contribution in [2.45, 2.75) is 13.3 Å². The molecule has 0 fully saturated rings. The minimum atomic E-state index is -0.157. The summed E-state index contributed by atoms with van der Waals surface area (Å²) >= 11 is 11.4. The summed E-state index contributed by atoms with van der Waals surface area (Å²) in [7, 11) is 1.55. The lowest BCUT2D eigenvalue weighted by Gasteiger charge is -2.12. The molecule has 0 aliphatic heterocycles. The van der Waals surface area contributed by atoms with E-state index in [0.29, 0.717) is 16.5 Å². The molecule has 0 spiro atoms. The number of amides is 1. The molecular weight excluding hydrogens is 249 g/mol. The van der Waals surface area contributed by atoms with E-state index < -0.39 is 0 Å². The van der Waals surface area contributed by atoms with Gasteiger partial charge in [0, 0.05) is 17.3 Å². The van der Waals surface area contributed by atoms with Gasteiger partial charge in [-0.1, -0.05) is 11.6 Å². The Labute approximate surface area is 105 Å². The third-order valence-electron chi connectivity index (χ3n) is 2.04. The van der Waals surface area contributed by atoms with Gasteiger partial charge in [-0.25, -0.2) is 0 Å². The van der Waals surface area contributed by atoms with Gasteiger partial charge >= 0.3 is 0 Å². The molecule has 1 amide bonds. The van der Waals surface area contributed by atoms with E-state index in [9.17, 15) is 4.79 Å². The second-order valence-corrected chi connectivity index (χ2v) is 4.11. The first kappa shape index (κ1) is 13.1. The van der Waals surface area contributed by atoms with E-state index in [1.54, 1.807) is 19.2 Å². The molecule has 0 aliphatic carbocycles. The molecule has 0 heterocycles. The predicted octanol–water partition coefficient (Wildman–Crippen LogP) is 3.22. The summed E-state index contributed by atoms with van der Waals surface area (Å²) in [5.41, 5.74) is 1.44. The van der Waals surface area contributed by atoms with Crippen LogP contribution in [0.4, 0.5) is 5.69 Å². The van der Waals surface area contributed by atoms with Gasteiger partial charge < -0.3 is 10.1 Å². The third-order valence-corrected chi connectivity index (χ3v) is 2.45. The molecule has 0 aliphatic rings. The lowest BCUT2D eigenvalue weighted by molar-refractivity contribution is -0.115. The van der Waals surface area contributed by atoms with Crippen molar-refractivity contribution < 1.29 is 9.53 Å². The number of benzene rings is 1. The van der Waals surface area contributed by atoms with Gasteiger partial charge in [-0.3, -0.25) is 4.79 Å². The maximum absolute atomic E-state index is 11.4. The average molecular weight is 262 g/mol. The van der Waals surface area contributed by atoms with Crippen molar-refractivity contribution in [2.24, 2.45) is 0 Å². The number of ether oxygens (including phenoxy) is 1. The highest BCUT2D eigenvalue weighted by Crippen LogP contribution is 2.32. The van der Waals surface area contributed by atoms with Crippen LogP contribution in [-0.4, -0.2) is 18.9 Å². The van der Waals surface area contributed by atoms with Crippen molar-refractivity contribution in [2.75, 3.05) is 18.3 Å². The molecule has 1 rings (SSSR count). The number of aryl methyl sites for hydroxylation is 1. The first-order valence-electron chi connectivity index (χ1n) is 4.78. The van der Waals surface area contributed by atoms with E-state index >= 15 is 0 Å². The molecule has 5 heteroatoms. The standard InChI is InChI=1S/C11H13Cl2NO2/c1-7-5-8(13)6-9(11(7)16-2)14-10(15)3-4-12/h5-6H,3-4H2,1-2H3,(H,14,15). The Morgan fingerprint density at radius 3 is 2.75 bits per heavy atom. The van der Waals surface area contributed by atoms with Crippen LogP contribution in [0.25, 0.3) is 0 Å². The molecule has 1 aromatic carbocycles. The largest absolute Gasteiger partial charge is 0.494 e. The van der Waals surface area contributed by atoms with E-state index in [0.717, 1.165) is 5.56 Å². The molecule has 1 N–H and O–H groups in total. The number of carbonyl (C=O) groups is 1. The van der Waals surface area contributed by atoms with Crippen molar-refractivity contribution in [1.82, 2.24) is 0 Å². The smallest absolute Gasteiger partial charge is 0.225 e. The van der Waals surface area contributed by atoms with Gasteiger partial charge in [0.15, 0.2) is 0 Å². The Bertz CT molecular complexity index is 394. The first-order chi connectivity index (χ1) is 7.58. The van der Waals surface area contributed by atoms with Crippen LogP contribution in [-0.2, 0) is 4.79 Å². The van der Waals surface area contributed by atoms with E-state index in [2.05, 4.69) is 5.32 Å². The minimum absolute atomic E-state index is 0.157. The zero-order valence-electron chi connectivity index (χ0n) is 9.14. The minimum Gasteiger partial charge on any atom is -0.494 e. The van der Waals surface area contributed by atoms with E-state index in [4.69, 9.17) is 27.9 Å².